The molecule has 0 fully saturated rings. The van der Waals surface area contributed by atoms with Crippen LogP contribution < -0.4 is 0 Å². The summed E-state index contributed by atoms with van der Waals surface area (Å²) in [6.45, 7) is 11.1. The highest BCUT2D eigenvalue weighted by atomic mass is 31.0. The second-order valence-corrected chi connectivity index (χ2v) is 1.91. The zero-order valence-electron chi connectivity index (χ0n) is 9.54. The quantitative estimate of drug-likeness (QED) is 0.421. The molecule has 0 saturated carbocycles. The van der Waals surface area contributed by atoms with Crippen molar-refractivity contribution in [3.05, 3.63) is 0 Å². The van der Waals surface area contributed by atoms with E-state index in [0.717, 1.165) is 6.42 Å². The standard InChI is InChI=1S/3C3H8.3CH4.H3P/c3*1-3-2;;;;/h3*3H2,1-2H3;3*1H4;1H3/i1D;;;;;;. The molecule has 92 valence electrons. The van der Waals surface area contributed by atoms with E-state index in [4.69, 9.17) is 1.37 Å². The Morgan fingerprint density at radius 2 is 0.769 bits per heavy atom. The Morgan fingerprint density at radius 3 is 0.769 bits per heavy atom. The molecule has 0 aromatic carbocycles. The molecular formula is C12H39P. The van der Waals surface area contributed by atoms with Gasteiger partial charge < -0.3 is 0 Å². The summed E-state index contributed by atoms with van der Waals surface area (Å²) in [5.74, 6) is 0. The fourth-order valence-electron chi connectivity index (χ4n) is 0. The first-order valence-electron chi connectivity index (χ1n) is 4.74. The Kier molecular flexibility index (Phi) is 399. The predicted octanol–water partition coefficient (Wildman–Crippen LogP) is 6.22. The summed E-state index contributed by atoms with van der Waals surface area (Å²) in [6.07, 6.45) is 3.49. The second kappa shape index (κ2) is 138. The summed E-state index contributed by atoms with van der Waals surface area (Å²) in [6, 6.07) is 0. The van der Waals surface area contributed by atoms with Crippen molar-refractivity contribution in [1.82, 2.24) is 0 Å². The SMILES string of the molecule is C.C.C.CCC.CCC.P.[2H]CCC. The zero-order valence-corrected chi connectivity index (χ0v) is 9.95. The summed E-state index contributed by atoms with van der Waals surface area (Å²) in [7, 11) is 0. The molecule has 0 radical (unpaired) electrons. The van der Waals surface area contributed by atoms with Gasteiger partial charge >= 0.3 is 0 Å². The van der Waals surface area contributed by atoms with Crippen molar-refractivity contribution < 1.29 is 1.37 Å². The molecular weight excluding hydrogens is 175 g/mol. The number of hydrogen-bond donors (Lipinski definition) is 0. The van der Waals surface area contributed by atoms with Crippen LogP contribution in [0, 0.1) is 0 Å². The van der Waals surface area contributed by atoms with Gasteiger partial charge in [0.1, 0.15) is 0 Å². The monoisotopic (exact) mass is 215 g/mol. The fourth-order valence-corrected chi connectivity index (χ4v) is 0. The van der Waals surface area contributed by atoms with Gasteiger partial charge in [0.15, 0.2) is 0 Å². The van der Waals surface area contributed by atoms with E-state index < -0.39 is 0 Å². The van der Waals surface area contributed by atoms with Gasteiger partial charge in [-0.15, -0.1) is 0 Å². The normalized spacial score (nSPS) is 5.15. The third-order valence-corrected chi connectivity index (χ3v) is 0. The maximum atomic E-state index is 6.45. The lowest BCUT2D eigenvalue weighted by Crippen LogP contribution is -1.27. The van der Waals surface area contributed by atoms with Crippen LogP contribution in [0.1, 0.15) is 84.4 Å². The molecule has 0 nitrogen and oxygen atoms in total. The van der Waals surface area contributed by atoms with Gasteiger partial charge in [-0.05, 0) is 0 Å². The zero-order chi connectivity index (χ0) is 8.83. The maximum absolute atomic E-state index is 6.45. The number of hydrogen-bond acceptors (Lipinski definition) is 0. The summed E-state index contributed by atoms with van der Waals surface area (Å²) in [5, 5.41) is 0. The van der Waals surface area contributed by atoms with Crippen LogP contribution in [0.15, 0.2) is 0 Å². The van der Waals surface area contributed by atoms with Crippen LogP contribution >= 0.6 is 9.90 Å². The molecule has 1 atom stereocenters. The summed E-state index contributed by atoms with van der Waals surface area (Å²) in [4.78, 5) is 0. The first kappa shape index (κ1) is 37.6. The largest absolute Gasteiger partial charge is 0.153 e. The third kappa shape index (κ3) is 7310. The van der Waals surface area contributed by atoms with Crippen LogP contribution in [0.5, 0.6) is 0 Å². The molecule has 0 heterocycles. The van der Waals surface area contributed by atoms with Gasteiger partial charge in [0.05, 0.1) is 0 Å². The van der Waals surface area contributed by atoms with Gasteiger partial charge in [-0.1, -0.05) is 83.1 Å². The molecule has 0 bridgehead atoms. The maximum Gasteiger partial charge on any atom is 0.0230 e. The highest BCUT2D eigenvalue weighted by Gasteiger charge is 1.36. The molecule has 0 amide bonds. The van der Waals surface area contributed by atoms with E-state index in [1.54, 1.807) is 0 Å². The van der Waals surface area contributed by atoms with E-state index in [2.05, 4.69) is 27.7 Å². The molecule has 1 heteroatoms. The van der Waals surface area contributed by atoms with Crippen molar-refractivity contribution in [2.45, 2.75) is 83.1 Å². The minimum Gasteiger partial charge on any atom is -0.153 e. The molecule has 0 aliphatic rings. The summed E-state index contributed by atoms with van der Waals surface area (Å²) < 4.78 is 6.45. The van der Waals surface area contributed by atoms with Crippen molar-refractivity contribution in [3.8, 4) is 0 Å². The van der Waals surface area contributed by atoms with Gasteiger partial charge in [0, 0.05) is 1.37 Å². The average molecular weight is 215 g/mol. The van der Waals surface area contributed by atoms with Crippen molar-refractivity contribution >= 4 is 9.90 Å². The molecule has 0 saturated heterocycles. The minimum absolute atomic E-state index is 0. The fraction of sp³-hybridized carbons (Fsp3) is 1.00. The van der Waals surface area contributed by atoms with E-state index in [1.165, 1.54) is 12.8 Å². The Balaban J connectivity index is -0.00000000929. The van der Waals surface area contributed by atoms with Crippen molar-refractivity contribution in [2.24, 2.45) is 0 Å². The molecule has 0 aromatic rings. The molecule has 0 aromatic heterocycles. The van der Waals surface area contributed by atoms with Crippen molar-refractivity contribution in [1.29, 1.82) is 0 Å². The molecule has 0 spiro atoms. The lowest BCUT2D eigenvalue weighted by atomic mass is 10.6. The van der Waals surface area contributed by atoms with Gasteiger partial charge in [0.25, 0.3) is 0 Å². The Morgan fingerprint density at radius 1 is 0.692 bits per heavy atom. The highest BCUT2D eigenvalue weighted by Crippen LogP contribution is 1.56. The van der Waals surface area contributed by atoms with E-state index in [0.29, 0.717) is 6.90 Å². The molecule has 1 unspecified atom stereocenters. The molecule has 0 N–H and O–H groups in total. The minimum atomic E-state index is 0. The summed E-state index contributed by atoms with van der Waals surface area (Å²) >= 11 is 0. The number of rotatable bonds is 0. The van der Waals surface area contributed by atoms with Crippen molar-refractivity contribution in [2.75, 3.05) is 0 Å². The van der Waals surface area contributed by atoms with Crippen LogP contribution in [-0.2, 0) is 0 Å². The highest BCUT2D eigenvalue weighted by molar-refractivity contribution is 6.92. The third-order valence-electron chi connectivity index (χ3n) is 0. The van der Waals surface area contributed by atoms with E-state index in [-0.39, 0.29) is 32.2 Å². The summed E-state index contributed by atoms with van der Waals surface area (Å²) in [5.41, 5.74) is 0. The van der Waals surface area contributed by atoms with Crippen LogP contribution in [0.3, 0.4) is 0 Å². The van der Waals surface area contributed by atoms with E-state index in [1.807, 2.05) is 6.92 Å². The molecule has 0 aliphatic heterocycles. The molecule has 13 heavy (non-hydrogen) atoms. The second-order valence-electron chi connectivity index (χ2n) is 1.91. The van der Waals surface area contributed by atoms with Gasteiger partial charge in [-0.3, -0.25) is 0 Å². The smallest absolute Gasteiger partial charge is 0.0230 e. The molecule has 0 rings (SSSR count). The van der Waals surface area contributed by atoms with E-state index >= 15 is 0 Å². The van der Waals surface area contributed by atoms with Crippen LogP contribution in [-0.4, -0.2) is 0 Å². The Labute approximate surface area is 94.9 Å². The molecule has 0 aliphatic carbocycles. The first-order chi connectivity index (χ1) is 4.74. The topological polar surface area (TPSA) is 0 Å². The van der Waals surface area contributed by atoms with Gasteiger partial charge in [0.2, 0.25) is 0 Å². The van der Waals surface area contributed by atoms with Crippen LogP contribution in [0.2, 0.25) is 0 Å². The first-order valence-corrected chi connectivity index (χ1v) is 4.04. The van der Waals surface area contributed by atoms with Crippen LogP contribution in [0.4, 0.5) is 0 Å². The average Bonchev–Trinajstić information content (AvgIpc) is 1.91. The predicted molar refractivity (Wildman–Crippen MR) is 79.2 cm³/mol. The lowest BCUT2D eigenvalue weighted by molar-refractivity contribution is 1.09. The lowest BCUT2D eigenvalue weighted by Gasteiger charge is -1.48. The van der Waals surface area contributed by atoms with Crippen molar-refractivity contribution in [3.63, 3.8) is 0 Å². The Bertz CT molecular complexity index is 22.3. The van der Waals surface area contributed by atoms with Gasteiger partial charge in [-0.2, -0.15) is 9.90 Å². The van der Waals surface area contributed by atoms with Gasteiger partial charge in [-0.25, -0.2) is 0 Å². The van der Waals surface area contributed by atoms with E-state index in [9.17, 15) is 0 Å². The van der Waals surface area contributed by atoms with Crippen LogP contribution in [0.25, 0.3) is 0 Å². The Hall–Kier alpha value is 0.430.